The van der Waals surface area contributed by atoms with Crippen molar-refractivity contribution < 1.29 is 4.79 Å². The van der Waals surface area contributed by atoms with E-state index in [4.69, 9.17) is 0 Å². The number of anilines is 1. The van der Waals surface area contributed by atoms with Gasteiger partial charge in [-0.05, 0) is 89.8 Å². The largest absolute Gasteiger partial charge is 0.298 e. The highest BCUT2D eigenvalue weighted by atomic mass is 32.2. The fourth-order valence-electron chi connectivity index (χ4n) is 3.53. The van der Waals surface area contributed by atoms with Crippen molar-refractivity contribution in [2.75, 3.05) is 5.32 Å². The zero-order valence-corrected chi connectivity index (χ0v) is 22.1. The monoisotopic (exact) mass is 490 g/mol. The quantitative estimate of drug-likeness (QED) is 0.166. The van der Waals surface area contributed by atoms with Gasteiger partial charge in [-0.3, -0.25) is 10.1 Å². The minimum absolute atomic E-state index is 0.131. The zero-order valence-electron chi connectivity index (χ0n) is 20.5. The summed E-state index contributed by atoms with van der Waals surface area (Å²) >= 11 is 3.30. The van der Waals surface area contributed by atoms with Gasteiger partial charge < -0.3 is 0 Å². The second-order valence-electron chi connectivity index (χ2n) is 8.67. The fourth-order valence-corrected chi connectivity index (χ4v) is 5.41. The summed E-state index contributed by atoms with van der Waals surface area (Å²) < 4.78 is 1.07. The topological polar surface area (TPSA) is 42.0 Å². The maximum atomic E-state index is 12.6. The van der Waals surface area contributed by atoms with Gasteiger partial charge in [-0.25, -0.2) is 4.98 Å². The van der Waals surface area contributed by atoms with E-state index in [1.165, 1.54) is 22.5 Å². The van der Waals surface area contributed by atoms with Crippen molar-refractivity contribution in [3.8, 4) is 0 Å². The van der Waals surface area contributed by atoms with Crippen LogP contribution in [0.4, 0.5) is 5.13 Å². The molecule has 1 heterocycles. The van der Waals surface area contributed by atoms with Crippen LogP contribution < -0.4 is 5.32 Å². The highest BCUT2D eigenvalue weighted by Crippen LogP contribution is 2.27. The third-order valence-electron chi connectivity index (χ3n) is 5.23. The third-order valence-corrected chi connectivity index (χ3v) is 7.23. The molecule has 0 aliphatic carbocycles. The standard InChI is InChI=1S/C29H34N2OS2/c1-21(2)12-8-6-5-7-9-13-22(3)20-23(4)33-25-18-16-24(17-19-25)28(32)31-29-30-26-14-10-11-15-27(26)34-29/h5,7,10-12,14-20,23H,6,8-9,13H2,1-4H3,(H,30,31,32)/b7-5+,22-20+. The number of hydrogen-bond donors (Lipinski definition) is 1. The van der Waals surface area contributed by atoms with Crippen LogP contribution in [0.1, 0.15) is 63.7 Å². The molecule has 34 heavy (non-hydrogen) atoms. The lowest BCUT2D eigenvalue weighted by atomic mass is 10.1. The summed E-state index contributed by atoms with van der Waals surface area (Å²) in [5, 5.41) is 3.92. The first-order valence-corrected chi connectivity index (χ1v) is 13.5. The molecule has 0 saturated heterocycles. The van der Waals surface area contributed by atoms with E-state index in [0.29, 0.717) is 15.9 Å². The van der Waals surface area contributed by atoms with Gasteiger partial charge in [0.15, 0.2) is 5.13 Å². The lowest BCUT2D eigenvalue weighted by molar-refractivity contribution is 0.102. The van der Waals surface area contributed by atoms with Gasteiger partial charge in [0.1, 0.15) is 0 Å². The summed E-state index contributed by atoms with van der Waals surface area (Å²) in [6.07, 6.45) is 13.7. The summed E-state index contributed by atoms with van der Waals surface area (Å²) in [4.78, 5) is 18.3. The summed E-state index contributed by atoms with van der Waals surface area (Å²) in [7, 11) is 0. The van der Waals surface area contributed by atoms with Gasteiger partial charge in [0.05, 0.1) is 10.2 Å². The molecule has 1 amide bonds. The van der Waals surface area contributed by atoms with E-state index in [9.17, 15) is 4.79 Å². The van der Waals surface area contributed by atoms with Crippen LogP contribution in [0.3, 0.4) is 0 Å². The number of thioether (sulfide) groups is 1. The Morgan fingerprint density at radius 2 is 1.76 bits per heavy atom. The lowest BCUT2D eigenvalue weighted by Gasteiger charge is -2.09. The number of rotatable bonds is 11. The fraction of sp³-hybridized carbons (Fsp3) is 0.310. The Morgan fingerprint density at radius 3 is 2.50 bits per heavy atom. The normalized spacial score (nSPS) is 12.8. The molecule has 1 unspecified atom stereocenters. The van der Waals surface area contributed by atoms with Crippen LogP contribution in [-0.2, 0) is 0 Å². The number of nitrogens with one attached hydrogen (secondary N) is 1. The van der Waals surface area contributed by atoms with Gasteiger partial charge in [-0.15, -0.1) is 11.8 Å². The van der Waals surface area contributed by atoms with Crippen LogP contribution in [0.5, 0.6) is 0 Å². The number of carbonyl (C=O) groups is 1. The molecule has 1 atom stereocenters. The Labute approximate surface area is 212 Å². The molecule has 0 bridgehead atoms. The number of amides is 1. The molecular formula is C29H34N2OS2. The maximum Gasteiger partial charge on any atom is 0.257 e. The Morgan fingerprint density at radius 1 is 1.03 bits per heavy atom. The summed E-state index contributed by atoms with van der Waals surface area (Å²) in [6.45, 7) is 8.72. The summed E-state index contributed by atoms with van der Waals surface area (Å²) in [6, 6.07) is 15.7. The molecule has 0 spiro atoms. The first-order chi connectivity index (χ1) is 16.4. The van der Waals surface area contributed by atoms with Crippen molar-refractivity contribution in [1.29, 1.82) is 0 Å². The van der Waals surface area contributed by atoms with Crippen LogP contribution in [-0.4, -0.2) is 16.1 Å². The van der Waals surface area contributed by atoms with E-state index in [0.717, 1.165) is 40.8 Å². The number of carbonyl (C=O) groups excluding carboxylic acids is 1. The van der Waals surface area contributed by atoms with Gasteiger partial charge in [0, 0.05) is 15.7 Å². The molecule has 1 N–H and O–H groups in total. The van der Waals surface area contributed by atoms with Crippen LogP contribution in [0.15, 0.2) is 88.9 Å². The van der Waals surface area contributed by atoms with Crippen molar-refractivity contribution in [3.63, 3.8) is 0 Å². The van der Waals surface area contributed by atoms with Crippen molar-refractivity contribution in [2.45, 2.75) is 63.5 Å². The second kappa shape index (κ2) is 13.3. The average Bonchev–Trinajstić information content (AvgIpc) is 3.20. The van der Waals surface area contributed by atoms with Crippen molar-refractivity contribution in [3.05, 3.63) is 89.5 Å². The molecule has 3 aromatic rings. The minimum atomic E-state index is -0.131. The highest BCUT2D eigenvalue weighted by Gasteiger charge is 2.10. The molecule has 0 radical (unpaired) electrons. The van der Waals surface area contributed by atoms with Gasteiger partial charge in [-0.2, -0.15) is 0 Å². The first kappa shape index (κ1) is 26.0. The number of para-hydroxylation sites is 1. The Kier molecular flexibility index (Phi) is 10.2. The SMILES string of the molecule is CC(C)=CCC/C=C/CC/C(C)=C/C(C)Sc1ccc(C(=O)Nc2nc3ccccc3s2)cc1. The molecule has 0 saturated carbocycles. The molecule has 0 aliphatic heterocycles. The zero-order chi connectivity index (χ0) is 24.3. The molecular weight excluding hydrogens is 456 g/mol. The molecule has 0 aliphatic rings. The van der Waals surface area contributed by atoms with Crippen LogP contribution >= 0.6 is 23.1 Å². The van der Waals surface area contributed by atoms with Crippen molar-refractivity contribution in [1.82, 2.24) is 4.98 Å². The predicted molar refractivity (Wildman–Crippen MR) is 150 cm³/mol. The third kappa shape index (κ3) is 8.62. The Balaban J connectivity index is 1.45. The van der Waals surface area contributed by atoms with Crippen LogP contribution in [0, 0.1) is 0 Å². The number of nitrogens with zero attached hydrogens (tertiary/aromatic N) is 1. The van der Waals surface area contributed by atoms with Gasteiger partial charge in [-0.1, -0.05) is 58.9 Å². The van der Waals surface area contributed by atoms with E-state index in [1.807, 2.05) is 60.3 Å². The molecule has 0 fully saturated rings. The average molecular weight is 491 g/mol. The van der Waals surface area contributed by atoms with E-state index < -0.39 is 0 Å². The van der Waals surface area contributed by atoms with Gasteiger partial charge >= 0.3 is 0 Å². The number of benzene rings is 2. The number of aromatic nitrogens is 1. The maximum absolute atomic E-state index is 12.6. The molecule has 2 aromatic carbocycles. The summed E-state index contributed by atoms with van der Waals surface area (Å²) in [5.41, 5.74) is 4.35. The van der Waals surface area contributed by atoms with Crippen molar-refractivity contribution in [2.24, 2.45) is 0 Å². The Hall–Kier alpha value is -2.63. The lowest BCUT2D eigenvalue weighted by Crippen LogP contribution is -2.11. The van der Waals surface area contributed by atoms with E-state index >= 15 is 0 Å². The molecule has 178 valence electrons. The molecule has 5 heteroatoms. The van der Waals surface area contributed by atoms with E-state index in [-0.39, 0.29) is 5.91 Å². The number of fused-ring (bicyclic) bond motifs is 1. The molecule has 3 nitrogen and oxygen atoms in total. The minimum Gasteiger partial charge on any atom is -0.298 e. The number of allylic oxidation sites excluding steroid dienone is 5. The van der Waals surface area contributed by atoms with E-state index in [2.05, 4.69) is 62.3 Å². The number of unbranched alkanes of at least 4 members (excludes halogenated alkanes) is 1. The first-order valence-electron chi connectivity index (χ1n) is 11.8. The van der Waals surface area contributed by atoms with Gasteiger partial charge in [0.2, 0.25) is 0 Å². The number of hydrogen-bond acceptors (Lipinski definition) is 4. The van der Waals surface area contributed by atoms with Gasteiger partial charge in [0.25, 0.3) is 5.91 Å². The van der Waals surface area contributed by atoms with Crippen molar-refractivity contribution >= 4 is 44.4 Å². The highest BCUT2D eigenvalue weighted by molar-refractivity contribution is 8.00. The second-order valence-corrected chi connectivity index (χ2v) is 11.2. The number of thiazole rings is 1. The van der Waals surface area contributed by atoms with Crippen LogP contribution in [0.25, 0.3) is 10.2 Å². The molecule has 3 rings (SSSR count). The summed E-state index contributed by atoms with van der Waals surface area (Å²) in [5.74, 6) is -0.131. The molecule has 1 aromatic heterocycles. The predicted octanol–water partition coefficient (Wildman–Crippen LogP) is 9.06. The smallest absolute Gasteiger partial charge is 0.257 e. The van der Waals surface area contributed by atoms with Crippen LogP contribution in [0.2, 0.25) is 0 Å². The van der Waals surface area contributed by atoms with E-state index in [1.54, 1.807) is 0 Å². The Bertz CT molecular complexity index is 1140.